The molecule has 0 unspecified atom stereocenters. The van der Waals surface area contributed by atoms with Crippen molar-refractivity contribution in [2.45, 2.75) is 12.7 Å². The predicted molar refractivity (Wildman–Crippen MR) is 71.5 cm³/mol. The molecule has 0 N–H and O–H groups in total. The molecule has 1 saturated heterocycles. The summed E-state index contributed by atoms with van der Waals surface area (Å²) in [5.74, 6) is 0. The van der Waals surface area contributed by atoms with Gasteiger partial charge in [0, 0.05) is 32.7 Å². The number of hydrogen-bond donors (Lipinski definition) is 0. The molecule has 0 radical (unpaired) electrons. The van der Waals surface area contributed by atoms with Crippen LogP contribution in [-0.4, -0.2) is 43.0 Å². The summed E-state index contributed by atoms with van der Waals surface area (Å²) in [6.45, 7) is 3.84. The van der Waals surface area contributed by atoms with Crippen LogP contribution in [0.15, 0.2) is 24.3 Å². The molecule has 6 heteroatoms. The van der Waals surface area contributed by atoms with Gasteiger partial charge in [-0.05, 0) is 18.7 Å². The zero-order valence-electron chi connectivity index (χ0n) is 10.8. The van der Waals surface area contributed by atoms with Gasteiger partial charge in [-0.25, -0.2) is 0 Å². The van der Waals surface area contributed by atoms with E-state index in [2.05, 4.69) is 9.80 Å². The van der Waals surface area contributed by atoms with Crippen LogP contribution in [0.5, 0.6) is 0 Å². The summed E-state index contributed by atoms with van der Waals surface area (Å²) < 4.78 is 38.5. The highest BCUT2D eigenvalue weighted by molar-refractivity contribution is 5.85. The summed E-state index contributed by atoms with van der Waals surface area (Å²) in [6, 6.07) is 5.84. The zero-order valence-corrected chi connectivity index (χ0v) is 11.6. The second kappa shape index (κ2) is 6.59. The van der Waals surface area contributed by atoms with Crippen LogP contribution in [0.1, 0.15) is 11.1 Å². The Morgan fingerprint density at radius 1 is 1.05 bits per heavy atom. The van der Waals surface area contributed by atoms with E-state index in [1.165, 1.54) is 6.07 Å². The SMILES string of the molecule is CN1CCN(Cc2ccccc2C(F)(F)F)CC1.Cl. The first-order chi connectivity index (χ1) is 8.47. The lowest BCUT2D eigenvalue weighted by atomic mass is 10.1. The number of rotatable bonds is 2. The van der Waals surface area contributed by atoms with Gasteiger partial charge in [0.15, 0.2) is 0 Å². The number of halogens is 4. The van der Waals surface area contributed by atoms with Crippen LogP contribution in [0, 0.1) is 0 Å². The Morgan fingerprint density at radius 2 is 1.63 bits per heavy atom. The Bertz CT molecular complexity index is 401. The number of piperazine rings is 1. The number of benzene rings is 1. The standard InChI is InChI=1S/C13H17F3N2.ClH/c1-17-6-8-18(9-7-17)10-11-4-2-3-5-12(11)13(14,15)16;/h2-5H,6-10H2,1H3;1H. The second-order valence-electron chi connectivity index (χ2n) is 4.73. The molecule has 0 aromatic heterocycles. The third kappa shape index (κ3) is 4.37. The van der Waals surface area contributed by atoms with Gasteiger partial charge in [-0.15, -0.1) is 12.4 Å². The number of hydrogen-bond acceptors (Lipinski definition) is 2. The van der Waals surface area contributed by atoms with Crippen molar-refractivity contribution >= 4 is 12.4 Å². The smallest absolute Gasteiger partial charge is 0.304 e. The molecule has 2 rings (SSSR count). The van der Waals surface area contributed by atoms with E-state index in [-0.39, 0.29) is 12.4 Å². The highest BCUT2D eigenvalue weighted by Crippen LogP contribution is 2.32. The van der Waals surface area contributed by atoms with Crippen LogP contribution in [-0.2, 0) is 12.7 Å². The minimum Gasteiger partial charge on any atom is -0.304 e. The topological polar surface area (TPSA) is 6.48 Å². The summed E-state index contributed by atoms with van der Waals surface area (Å²) in [4.78, 5) is 4.26. The molecule has 1 fully saturated rings. The zero-order chi connectivity index (χ0) is 13.2. The van der Waals surface area contributed by atoms with E-state index in [0.29, 0.717) is 12.1 Å². The van der Waals surface area contributed by atoms with Crippen molar-refractivity contribution < 1.29 is 13.2 Å². The lowest BCUT2D eigenvalue weighted by Crippen LogP contribution is -2.44. The molecule has 0 atom stereocenters. The quantitative estimate of drug-likeness (QED) is 0.827. The van der Waals surface area contributed by atoms with E-state index in [4.69, 9.17) is 0 Å². The van der Waals surface area contributed by atoms with Gasteiger partial charge in [-0.1, -0.05) is 18.2 Å². The molecule has 0 amide bonds. The summed E-state index contributed by atoms with van der Waals surface area (Å²) in [5.41, 5.74) is -0.140. The maximum absolute atomic E-state index is 12.8. The van der Waals surface area contributed by atoms with Crippen molar-refractivity contribution in [2.75, 3.05) is 33.2 Å². The molecule has 19 heavy (non-hydrogen) atoms. The fourth-order valence-electron chi connectivity index (χ4n) is 2.18. The normalized spacial score (nSPS) is 18.1. The highest BCUT2D eigenvalue weighted by Gasteiger charge is 2.33. The molecule has 2 nitrogen and oxygen atoms in total. The lowest BCUT2D eigenvalue weighted by Gasteiger charge is -2.32. The predicted octanol–water partition coefficient (Wildman–Crippen LogP) is 2.87. The highest BCUT2D eigenvalue weighted by atomic mass is 35.5. The summed E-state index contributed by atoms with van der Waals surface area (Å²) in [5, 5.41) is 0. The van der Waals surface area contributed by atoms with Crippen molar-refractivity contribution in [1.82, 2.24) is 9.80 Å². The monoisotopic (exact) mass is 294 g/mol. The molecule has 0 aliphatic carbocycles. The Hall–Kier alpha value is -0.780. The maximum atomic E-state index is 12.8. The van der Waals surface area contributed by atoms with E-state index in [0.717, 1.165) is 32.2 Å². The van der Waals surface area contributed by atoms with E-state index in [9.17, 15) is 13.2 Å². The van der Waals surface area contributed by atoms with Gasteiger partial charge < -0.3 is 4.90 Å². The van der Waals surface area contributed by atoms with Crippen molar-refractivity contribution in [3.05, 3.63) is 35.4 Å². The number of nitrogens with zero attached hydrogens (tertiary/aromatic N) is 2. The minimum atomic E-state index is -4.26. The van der Waals surface area contributed by atoms with Gasteiger partial charge in [0.1, 0.15) is 0 Å². The first-order valence-corrected chi connectivity index (χ1v) is 6.03. The van der Waals surface area contributed by atoms with E-state index in [1.54, 1.807) is 12.1 Å². The van der Waals surface area contributed by atoms with Crippen molar-refractivity contribution in [3.8, 4) is 0 Å². The van der Waals surface area contributed by atoms with Gasteiger partial charge in [0.05, 0.1) is 5.56 Å². The van der Waals surface area contributed by atoms with Crippen molar-refractivity contribution in [2.24, 2.45) is 0 Å². The summed E-state index contributed by atoms with van der Waals surface area (Å²) >= 11 is 0. The van der Waals surface area contributed by atoms with Crippen molar-refractivity contribution in [1.29, 1.82) is 0 Å². The Labute approximate surface area is 117 Å². The maximum Gasteiger partial charge on any atom is 0.416 e. The fraction of sp³-hybridized carbons (Fsp3) is 0.538. The van der Waals surface area contributed by atoms with Crippen molar-refractivity contribution in [3.63, 3.8) is 0 Å². The Balaban J connectivity index is 0.00000180. The Morgan fingerprint density at radius 3 is 2.21 bits per heavy atom. The second-order valence-corrected chi connectivity index (χ2v) is 4.73. The molecule has 1 aromatic carbocycles. The molecule has 1 aromatic rings. The van der Waals surface area contributed by atoms with Crippen LogP contribution in [0.4, 0.5) is 13.2 Å². The van der Waals surface area contributed by atoms with E-state index >= 15 is 0 Å². The number of likely N-dealkylation sites (N-methyl/N-ethyl adjacent to an activating group) is 1. The molecule has 0 spiro atoms. The van der Waals surface area contributed by atoms with Gasteiger partial charge >= 0.3 is 6.18 Å². The van der Waals surface area contributed by atoms with Crippen LogP contribution in [0.25, 0.3) is 0 Å². The molecular weight excluding hydrogens is 277 g/mol. The third-order valence-corrected chi connectivity index (χ3v) is 3.31. The average Bonchev–Trinajstić information content (AvgIpc) is 2.31. The molecule has 1 heterocycles. The number of alkyl halides is 3. The molecule has 1 aliphatic heterocycles. The average molecular weight is 295 g/mol. The summed E-state index contributed by atoms with van der Waals surface area (Å²) in [7, 11) is 2.03. The van der Waals surface area contributed by atoms with Gasteiger partial charge in [0.2, 0.25) is 0 Å². The molecule has 0 bridgehead atoms. The molecule has 1 aliphatic rings. The van der Waals surface area contributed by atoms with E-state index in [1.807, 2.05) is 7.05 Å². The Kier molecular flexibility index (Phi) is 5.64. The van der Waals surface area contributed by atoms with Crippen LogP contribution in [0.3, 0.4) is 0 Å². The molecular formula is C13H18ClF3N2. The van der Waals surface area contributed by atoms with Crippen LogP contribution in [0.2, 0.25) is 0 Å². The van der Waals surface area contributed by atoms with E-state index < -0.39 is 11.7 Å². The lowest BCUT2D eigenvalue weighted by molar-refractivity contribution is -0.138. The first kappa shape index (κ1) is 16.3. The molecule has 108 valence electrons. The van der Waals surface area contributed by atoms with Gasteiger partial charge in [-0.2, -0.15) is 13.2 Å². The van der Waals surface area contributed by atoms with Crippen LogP contribution < -0.4 is 0 Å². The third-order valence-electron chi connectivity index (χ3n) is 3.31. The first-order valence-electron chi connectivity index (χ1n) is 6.03. The largest absolute Gasteiger partial charge is 0.416 e. The fourth-order valence-corrected chi connectivity index (χ4v) is 2.18. The van der Waals surface area contributed by atoms with Gasteiger partial charge in [0.25, 0.3) is 0 Å². The van der Waals surface area contributed by atoms with Crippen LogP contribution >= 0.6 is 12.4 Å². The van der Waals surface area contributed by atoms with Gasteiger partial charge in [-0.3, -0.25) is 4.90 Å². The summed E-state index contributed by atoms with van der Waals surface area (Å²) in [6.07, 6.45) is -4.26. The molecule has 0 saturated carbocycles. The minimum absolute atomic E-state index is 0.